The Morgan fingerprint density at radius 3 is 2.36 bits per heavy atom. The second-order valence-electron chi connectivity index (χ2n) is 9.65. The van der Waals surface area contributed by atoms with Gasteiger partial charge in [-0.05, 0) is 41.8 Å². The van der Waals surface area contributed by atoms with E-state index in [1.54, 1.807) is 12.1 Å². The molecule has 0 radical (unpaired) electrons. The van der Waals surface area contributed by atoms with Gasteiger partial charge in [-0.1, -0.05) is 26.0 Å². The van der Waals surface area contributed by atoms with Crippen molar-refractivity contribution < 1.29 is 37.8 Å². The summed E-state index contributed by atoms with van der Waals surface area (Å²) in [5.74, 6) is -3.07. The fourth-order valence-corrected chi connectivity index (χ4v) is 4.46. The number of nitrogens with zero attached hydrogens (tertiary/aromatic N) is 2. The van der Waals surface area contributed by atoms with Crippen LogP contribution in [0.5, 0.6) is 0 Å². The maximum atomic E-state index is 14.7. The second kappa shape index (κ2) is 12.4. The predicted molar refractivity (Wildman–Crippen MR) is 140 cm³/mol. The summed E-state index contributed by atoms with van der Waals surface area (Å²) in [6.45, 7) is 6.73. The van der Waals surface area contributed by atoms with Crippen molar-refractivity contribution in [2.45, 2.75) is 38.9 Å². The highest BCUT2D eigenvalue weighted by atomic mass is 19.1. The summed E-state index contributed by atoms with van der Waals surface area (Å²) in [4.78, 5) is 54.3. The number of hydrogen-bond donors (Lipinski definition) is 1. The number of halogens is 1. The zero-order valence-electron chi connectivity index (χ0n) is 22.1. The van der Waals surface area contributed by atoms with Crippen LogP contribution in [-0.4, -0.2) is 80.3 Å². The summed E-state index contributed by atoms with van der Waals surface area (Å²) < 4.78 is 30.8. The van der Waals surface area contributed by atoms with Gasteiger partial charge in [-0.3, -0.25) is 19.2 Å². The molecule has 0 saturated carbocycles. The number of anilines is 2. The van der Waals surface area contributed by atoms with Crippen molar-refractivity contribution in [1.29, 1.82) is 0 Å². The number of carbonyl (C=O) groups excluding carboxylic acids is 4. The van der Waals surface area contributed by atoms with Crippen molar-refractivity contribution in [3.63, 3.8) is 0 Å². The maximum Gasteiger partial charge on any atom is 0.303 e. The summed E-state index contributed by atoms with van der Waals surface area (Å²) >= 11 is 0. The number of carbonyl (C=O) groups is 4. The number of esters is 1. The minimum Gasteiger partial charge on any atom is -0.449 e. The van der Waals surface area contributed by atoms with Gasteiger partial charge in [0.2, 0.25) is 6.10 Å². The van der Waals surface area contributed by atoms with E-state index in [4.69, 9.17) is 14.2 Å². The average molecular weight is 542 g/mol. The Hall–Kier alpha value is -3.83. The lowest BCUT2D eigenvalue weighted by atomic mass is 10.0. The Labute approximate surface area is 226 Å². The highest BCUT2D eigenvalue weighted by molar-refractivity contribution is 6.05. The third kappa shape index (κ3) is 6.61. The Morgan fingerprint density at radius 1 is 1.03 bits per heavy atom. The molecule has 2 atom stereocenters. The molecule has 208 valence electrons. The first kappa shape index (κ1) is 28.2. The van der Waals surface area contributed by atoms with E-state index in [2.05, 4.69) is 5.32 Å². The zero-order chi connectivity index (χ0) is 28.1. The number of morpholine rings is 2. The molecular formula is C28H32FN3O7. The first-order chi connectivity index (χ1) is 18.7. The van der Waals surface area contributed by atoms with Gasteiger partial charge in [0, 0.05) is 37.9 Å². The zero-order valence-corrected chi connectivity index (χ0v) is 22.1. The quantitative estimate of drug-likeness (QED) is 0.536. The first-order valence-electron chi connectivity index (χ1n) is 12.8. The van der Waals surface area contributed by atoms with Gasteiger partial charge in [-0.15, -0.1) is 0 Å². The number of hydrogen-bond acceptors (Lipinski definition) is 7. The molecule has 2 fully saturated rings. The van der Waals surface area contributed by atoms with Crippen molar-refractivity contribution in [1.82, 2.24) is 4.90 Å². The Balaban J connectivity index is 1.55. The van der Waals surface area contributed by atoms with Gasteiger partial charge in [0.1, 0.15) is 5.82 Å². The standard InChI is InChI=1S/C28H32FN3O7/c1-17(2)19-4-6-20(7-5-19)30-26(34)24(39-18(3)33)25-28(36)32(12-15-38-25)21-8-9-23(29)22(16-21)27(35)31-10-13-37-14-11-31/h4-9,16-17,24-25H,10-15H2,1-3H3,(H,30,34)/t24-,25-/m1/s1. The lowest BCUT2D eigenvalue weighted by molar-refractivity contribution is -0.167. The molecule has 2 saturated heterocycles. The van der Waals surface area contributed by atoms with E-state index in [1.807, 2.05) is 26.0 Å². The van der Waals surface area contributed by atoms with E-state index in [-0.39, 0.29) is 24.4 Å². The molecule has 2 aliphatic heterocycles. The monoisotopic (exact) mass is 541 g/mol. The molecule has 39 heavy (non-hydrogen) atoms. The topological polar surface area (TPSA) is 114 Å². The van der Waals surface area contributed by atoms with Crippen molar-refractivity contribution in [3.05, 3.63) is 59.4 Å². The third-order valence-electron chi connectivity index (χ3n) is 6.58. The van der Waals surface area contributed by atoms with Crippen LogP contribution in [0.2, 0.25) is 0 Å². The number of benzene rings is 2. The minimum absolute atomic E-state index is 0.0225. The molecular weight excluding hydrogens is 509 g/mol. The summed E-state index contributed by atoms with van der Waals surface area (Å²) in [5.41, 5.74) is 1.63. The fourth-order valence-electron chi connectivity index (χ4n) is 4.46. The average Bonchev–Trinajstić information content (AvgIpc) is 2.92. The second-order valence-corrected chi connectivity index (χ2v) is 9.65. The Bertz CT molecular complexity index is 1230. The van der Waals surface area contributed by atoms with Crippen molar-refractivity contribution in [2.75, 3.05) is 49.7 Å². The molecule has 2 heterocycles. The van der Waals surface area contributed by atoms with Gasteiger partial charge < -0.3 is 29.3 Å². The number of nitrogens with one attached hydrogen (secondary N) is 1. The van der Waals surface area contributed by atoms with E-state index < -0.39 is 41.7 Å². The lowest BCUT2D eigenvalue weighted by Crippen LogP contribution is -2.56. The molecule has 2 aliphatic rings. The molecule has 2 aromatic carbocycles. The number of ether oxygens (including phenoxy) is 3. The van der Waals surface area contributed by atoms with E-state index in [0.29, 0.717) is 37.9 Å². The molecule has 0 aliphatic carbocycles. The number of rotatable bonds is 7. The van der Waals surface area contributed by atoms with Crippen LogP contribution in [0.15, 0.2) is 42.5 Å². The van der Waals surface area contributed by atoms with E-state index in [1.165, 1.54) is 21.9 Å². The summed E-state index contributed by atoms with van der Waals surface area (Å²) in [6, 6.07) is 11.0. The Kier molecular flexibility index (Phi) is 8.93. The molecule has 0 unspecified atom stereocenters. The molecule has 10 nitrogen and oxygen atoms in total. The van der Waals surface area contributed by atoms with Crippen molar-refractivity contribution in [3.8, 4) is 0 Å². The van der Waals surface area contributed by atoms with Gasteiger partial charge in [0.05, 0.1) is 25.4 Å². The van der Waals surface area contributed by atoms with Crippen LogP contribution in [-0.2, 0) is 28.6 Å². The van der Waals surface area contributed by atoms with Gasteiger partial charge >= 0.3 is 5.97 Å². The fraction of sp³-hybridized carbons (Fsp3) is 0.429. The summed E-state index contributed by atoms with van der Waals surface area (Å²) in [5, 5.41) is 2.68. The van der Waals surface area contributed by atoms with E-state index in [0.717, 1.165) is 18.6 Å². The normalized spacial score (nSPS) is 18.6. The smallest absolute Gasteiger partial charge is 0.303 e. The van der Waals surface area contributed by atoms with Crippen LogP contribution in [0.25, 0.3) is 0 Å². The predicted octanol–water partition coefficient (Wildman–Crippen LogP) is 2.72. The summed E-state index contributed by atoms with van der Waals surface area (Å²) in [6.07, 6.45) is -3.02. The highest BCUT2D eigenvalue weighted by Gasteiger charge is 2.43. The van der Waals surface area contributed by atoms with E-state index >= 15 is 0 Å². The molecule has 2 aromatic rings. The minimum atomic E-state index is -1.57. The van der Waals surface area contributed by atoms with Crippen LogP contribution in [0, 0.1) is 5.82 Å². The van der Waals surface area contributed by atoms with Gasteiger partial charge in [0.15, 0.2) is 6.10 Å². The molecule has 0 spiro atoms. The van der Waals surface area contributed by atoms with Crippen LogP contribution in [0.3, 0.4) is 0 Å². The SMILES string of the molecule is CC(=O)O[C@@H](C(=O)Nc1ccc(C(C)C)cc1)[C@H]1OCCN(c2ccc(F)c(C(=O)N3CCOCC3)c2)C1=O. The van der Waals surface area contributed by atoms with Crippen molar-refractivity contribution >= 4 is 35.1 Å². The van der Waals surface area contributed by atoms with Gasteiger partial charge in [-0.25, -0.2) is 4.39 Å². The highest BCUT2D eigenvalue weighted by Crippen LogP contribution is 2.26. The summed E-state index contributed by atoms with van der Waals surface area (Å²) in [7, 11) is 0. The molecule has 11 heteroatoms. The Morgan fingerprint density at radius 2 is 1.72 bits per heavy atom. The number of amides is 3. The molecule has 0 aromatic heterocycles. The lowest BCUT2D eigenvalue weighted by Gasteiger charge is -2.35. The van der Waals surface area contributed by atoms with E-state index in [9.17, 15) is 23.6 Å². The van der Waals surface area contributed by atoms with Gasteiger partial charge in [0.25, 0.3) is 17.7 Å². The molecule has 0 bridgehead atoms. The molecule has 1 N–H and O–H groups in total. The van der Waals surface area contributed by atoms with Crippen LogP contribution in [0.1, 0.15) is 42.6 Å². The van der Waals surface area contributed by atoms with Crippen LogP contribution in [0.4, 0.5) is 15.8 Å². The maximum absolute atomic E-state index is 14.7. The van der Waals surface area contributed by atoms with Crippen molar-refractivity contribution in [2.24, 2.45) is 0 Å². The molecule has 4 rings (SSSR count). The van der Waals surface area contributed by atoms with Gasteiger partial charge in [-0.2, -0.15) is 0 Å². The van der Waals surface area contributed by atoms with Crippen LogP contribution < -0.4 is 10.2 Å². The van der Waals surface area contributed by atoms with Crippen LogP contribution >= 0.6 is 0 Å². The molecule has 3 amide bonds. The first-order valence-corrected chi connectivity index (χ1v) is 12.8. The largest absolute Gasteiger partial charge is 0.449 e. The third-order valence-corrected chi connectivity index (χ3v) is 6.58.